The van der Waals surface area contributed by atoms with Crippen LogP contribution in [0.5, 0.6) is 0 Å². The zero-order chi connectivity index (χ0) is 12.3. The van der Waals surface area contributed by atoms with Crippen LogP contribution in [0.1, 0.15) is 5.69 Å². The molecule has 2 amide bonds. The number of carbonyl (C=O) groups excluding carboxylic acids is 1. The van der Waals surface area contributed by atoms with Gasteiger partial charge in [0.2, 0.25) is 0 Å². The third kappa shape index (κ3) is 2.85. The molecule has 0 bridgehead atoms. The largest absolute Gasteiger partial charge is 0.354 e. The second-order valence-electron chi connectivity index (χ2n) is 4.03. The number of aromatic nitrogens is 1. The summed E-state index contributed by atoms with van der Waals surface area (Å²) < 4.78 is 0. The number of nitrogens with zero attached hydrogens (tertiary/aromatic N) is 2. The SMILES string of the molecule is Cc1nc(N2CCNCC2)ccc1NC(N)=O. The third-order valence-electron chi connectivity index (χ3n) is 2.77. The summed E-state index contributed by atoms with van der Waals surface area (Å²) in [6.07, 6.45) is 0. The molecule has 6 nitrogen and oxygen atoms in total. The van der Waals surface area contributed by atoms with Crippen LogP contribution in [0.15, 0.2) is 12.1 Å². The summed E-state index contributed by atoms with van der Waals surface area (Å²) in [5.74, 6) is 0.944. The second kappa shape index (κ2) is 5.01. The molecule has 0 saturated carbocycles. The highest BCUT2D eigenvalue weighted by atomic mass is 16.2. The number of nitrogens with two attached hydrogens (primary N) is 1. The molecule has 2 rings (SSSR count). The van der Waals surface area contributed by atoms with Crippen LogP contribution in [0.25, 0.3) is 0 Å². The number of pyridine rings is 1. The summed E-state index contributed by atoms with van der Waals surface area (Å²) in [6, 6.07) is 3.18. The number of rotatable bonds is 2. The van der Waals surface area contributed by atoms with Gasteiger partial charge in [0, 0.05) is 26.2 Å². The molecule has 1 aliphatic heterocycles. The van der Waals surface area contributed by atoms with Gasteiger partial charge in [-0.1, -0.05) is 0 Å². The van der Waals surface area contributed by atoms with E-state index in [0.717, 1.165) is 37.7 Å². The van der Waals surface area contributed by atoms with Crippen LogP contribution >= 0.6 is 0 Å². The summed E-state index contributed by atoms with van der Waals surface area (Å²) >= 11 is 0. The summed E-state index contributed by atoms with van der Waals surface area (Å²) in [4.78, 5) is 17.5. The number of urea groups is 1. The Hall–Kier alpha value is -1.82. The van der Waals surface area contributed by atoms with Crippen LogP contribution in [0, 0.1) is 6.92 Å². The number of primary amides is 1. The zero-order valence-corrected chi connectivity index (χ0v) is 9.86. The van der Waals surface area contributed by atoms with E-state index >= 15 is 0 Å². The van der Waals surface area contributed by atoms with Crippen LogP contribution in [-0.4, -0.2) is 37.2 Å². The van der Waals surface area contributed by atoms with E-state index < -0.39 is 6.03 Å². The maximum absolute atomic E-state index is 10.8. The van der Waals surface area contributed by atoms with Gasteiger partial charge in [-0.2, -0.15) is 0 Å². The van der Waals surface area contributed by atoms with E-state index in [1.54, 1.807) is 0 Å². The fourth-order valence-corrected chi connectivity index (χ4v) is 1.88. The number of hydrogen-bond donors (Lipinski definition) is 3. The Bertz CT molecular complexity index is 414. The molecule has 6 heteroatoms. The highest BCUT2D eigenvalue weighted by Crippen LogP contribution is 2.18. The predicted molar refractivity (Wildman–Crippen MR) is 67.3 cm³/mol. The lowest BCUT2D eigenvalue weighted by atomic mass is 10.3. The van der Waals surface area contributed by atoms with Gasteiger partial charge in [-0.15, -0.1) is 0 Å². The minimum absolute atomic E-state index is 0.565. The first-order valence-corrected chi connectivity index (χ1v) is 5.66. The fourth-order valence-electron chi connectivity index (χ4n) is 1.88. The van der Waals surface area contributed by atoms with Crippen molar-refractivity contribution in [3.8, 4) is 0 Å². The number of nitrogens with one attached hydrogen (secondary N) is 2. The van der Waals surface area contributed by atoms with E-state index in [1.807, 2.05) is 19.1 Å². The summed E-state index contributed by atoms with van der Waals surface area (Å²) in [5.41, 5.74) is 6.52. The summed E-state index contributed by atoms with van der Waals surface area (Å²) in [6.45, 7) is 5.71. The monoisotopic (exact) mass is 235 g/mol. The molecule has 1 aromatic heterocycles. The van der Waals surface area contributed by atoms with Gasteiger partial charge in [-0.3, -0.25) is 0 Å². The predicted octanol–water partition coefficient (Wildman–Crippen LogP) is 0.290. The van der Waals surface area contributed by atoms with Gasteiger partial charge in [-0.05, 0) is 19.1 Å². The lowest BCUT2D eigenvalue weighted by molar-refractivity contribution is 0.259. The number of amides is 2. The average molecular weight is 235 g/mol. The Labute approximate surface area is 100 Å². The highest BCUT2D eigenvalue weighted by molar-refractivity contribution is 5.88. The van der Waals surface area contributed by atoms with E-state index in [1.165, 1.54) is 0 Å². The molecule has 0 spiro atoms. The summed E-state index contributed by atoms with van der Waals surface area (Å²) in [5, 5.41) is 5.84. The average Bonchev–Trinajstić information content (AvgIpc) is 2.32. The van der Waals surface area contributed by atoms with E-state index in [0.29, 0.717) is 5.69 Å². The number of piperazine rings is 1. The third-order valence-corrected chi connectivity index (χ3v) is 2.77. The topological polar surface area (TPSA) is 83.3 Å². The molecule has 4 N–H and O–H groups in total. The maximum Gasteiger partial charge on any atom is 0.316 e. The van der Waals surface area contributed by atoms with Crippen molar-refractivity contribution in [2.45, 2.75) is 6.92 Å². The number of aryl methyl sites for hydroxylation is 1. The first kappa shape index (κ1) is 11.7. The van der Waals surface area contributed by atoms with Crippen LogP contribution in [0.3, 0.4) is 0 Å². The van der Waals surface area contributed by atoms with Gasteiger partial charge in [0.15, 0.2) is 0 Å². The van der Waals surface area contributed by atoms with E-state index in [-0.39, 0.29) is 0 Å². The molecule has 17 heavy (non-hydrogen) atoms. The van der Waals surface area contributed by atoms with Crippen molar-refractivity contribution in [3.05, 3.63) is 17.8 Å². The normalized spacial score (nSPS) is 15.7. The van der Waals surface area contributed by atoms with Gasteiger partial charge in [0.25, 0.3) is 0 Å². The lowest BCUT2D eigenvalue weighted by Gasteiger charge is -2.28. The van der Waals surface area contributed by atoms with Crippen molar-refractivity contribution in [1.82, 2.24) is 10.3 Å². The molecular weight excluding hydrogens is 218 g/mol. The minimum atomic E-state index is -0.565. The molecule has 1 aliphatic rings. The standard InChI is InChI=1S/C11H17N5O/c1-8-9(15-11(12)17)2-3-10(14-8)16-6-4-13-5-7-16/h2-3,13H,4-7H2,1H3,(H3,12,15,17). The molecule has 1 fully saturated rings. The highest BCUT2D eigenvalue weighted by Gasteiger charge is 2.12. The molecule has 0 aromatic carbocycles. The van der Waals surface area contributed by atoms with Crippen molar-refractivity contribution in [2.75, 3.05) is 36.4 Å². The second-order valence-corrected chi connectivity index (χ2v) is 4.03. The first-order valence-electron chi connectivity index (χ1n) is 5.66. The molecule has 1 saturated heterocycles. The maximum atomic E-state index is 10.8. The van der Waals surface area contributed by atoms with Crippen molar-refractivity contribution < 1.29 is 4.79 Å². The minimum Gasteiger partial charge on any atom is -0.354 e. The molecule has 0 aliphatic carbocycles. The van der Waals surface area contributed by atoms with E-state index in [2.05, 4.69) is 20.5 Å². The molecule has 92 valence electrons. The van der Waals surface area contributed by atoms with Crippen LogP contribution in [0.4, 0.5) is 16.3 Å². The smallest absolute Gasteiger partial charge is 0.316 e. The van der Waals surface area contributed by atoms with Crippen molar-refractivity contribution in [1.29, 1.82) is 0 Å². The van der Waals surface area contributed by atoms with E-state index in [9.17, 15) is 4.79 Å². The van der Waals surface area contributed by atoms with Gasteiger partial charge < -0.3 is 21.3 Å². The molecular formula is C11H17N5O. The Kier molecular flexibility index (Phi) is 3.43. The van der Waals surface area contributed by atoms with Crippen LogP contribution in [0.2, 0.25) is 0 Å². The molecule has 0 unspecified atom stereocenters. The van der Waals surface area contributed by atoms with Crippen molar-refractivity contribution >= 4 is 17.5 Å². The van der Waals surface area contributed by atoms with Crippen LogP contribution < -0.4 is 21.3 Å². The van der Waals surface area contributed by atoms with Crippen LogP contribution in [-0.2, 0) is 0 Å². The molecule has 2 heterocycles. The quantitative estimate of drug-likeness (QED) is 0.688. The van der Waals surface area contributed by atoms with Gasteiger partial charge in [-0.25, -0.2) is 9.78 Å². The molecule has 0 atom stereocenters. The molecule has 1 aromatic rings. The van der Waals surface area contributed by atoms with Gasteiger partial charge in [0.1, 0.15) is 5.82 Å². The lowest BCUT2D eigenvalue weighted by Crippen LogP contribution is -2.43. The zero-order valence-electron chi connectivity index (χ0n) is 9.86. The van der Waals surface area contributed by atoms with Gasteiger partial charge >= 0.3 is 6.03 Å². The van der Waals surface area contributed by atoms with E-state index in [4.69, 9.17) is 5.73 Å². The van der Waals surface area contributed by atoms with Crippen molar-refractivity contribution in [3.63, 3.8) is 0 Å². The van der Waals surface area contributed by atoms with Gasteiger partial charge in [0.05, 0.1) is 11.4 Å². The Morgan fingerprint density at radius 2 is 2.18 bits per heavy atom. The fraction of sp³-hybridized carbons (Fsp3) is 0.455. The Morgan fingerprint density at radius 1 is 1.47 bits per heavy atom. The number of hydrogen-bond acceptors (Lipinski definition) is 4. The number of anilines is 2. The molecule has 0 radical (unpaired) electrons. The van der Waals surface area contributed by atoms with Crippen molar-refractivity contribution in [2.24, 2.45) is 5.73 Å². The first-order chi connectivity index (χ1) is 8.16. The summed E-state index contributed by atoms with van der Waals surface area (Å²) in [7, 11) is 0. The number of carbonyl (C=O) groups is 1. The Morgan fingerprint density at radius 3 is 2.76 bits per heavy atom. The Balaban J connectivity index is 2.14.